The maximum Gasteiger partial charge on any atom is 0.490 e. The van der Waals surface area contributed by atoms with Crippen molar-refractivity contribution in [3.63, 3.8) is 0 Å². The molecule has 2 aromatic carbocycles. The lowest BCUT2D eigenvalue weighted by Crippen LogP contribution is -2.26. The molecule has 0 bridgehead atoms. The number of rotatable bonds is 5. The second kappa shape index (κ2) is 11.5. The van der Waals surface area contributed by atoms with Gasteiger partial charge in [-0.25, -0.2) is 9.18 Å². The lowest BCUT2D eigenvalue weighted by Gasteiger charge is -2.23. The number of halogens is 4. The Morgan fingerprint density at radius 1 is 1.16 bits per heavy atom. The van der Waals surface area contributed by atoms with Crippen LogP contribution in [0.2, 0.25) is 0 Å². The minimum atomic E-state index is -5.08. The predicted molar refractivity (Wildman–Crippen MR) is 110 cm³/mol. The molecule has 0 radical (unpaired) electrons. The van der Waals surface area contributed by atoms with E-state index < -0.39 is 12.1 Å². The maximum absolute atomic E-state index is 13.4. The minimum absolute atomic E-state index is 0.0680. The van der Waals surface area contributed by atoms with E-state index in [4.69, 9.17) is 14.6 Å². The minimum Gasteiger partial charge on any atom is -0.496 e. The highest BCUT2D eigenvalue weighted by Gasteiger charge is 2.38. The average Bonchev–Trinajstić information content (AvgIpc) is 2.74. The number of alkyl halides is 3. The van der Waals surface area contributed by atoms with E-state index in [0.717, 1.165) is 31.6 Å². The number of ether oxygens (including phenoxy) is 1. The number of piperidine rings is 1. The molecule has 1 heterocycles. The van der Waals surface area contributed by atoms with Crippen molar-refractivity contribution >= 4 is 17.6 Å². The molecular formula is C22H24F4N2O4. The normalized spacial score (nSPS) is 14.2. The molecule has 32 heavy (non-hydrogen) atoms. The first-order chi connectivity index (χ1) is 15.1. The largest absolute Gasteiger partial charge is 0.496 e. The van der Waals surface area contributed by atoms with E-state index in [1.54, 1.807) is 0 Å². The Labute approximate surface area is 182 Å². The molecule has 3 N–H and O–H groups in total. The number of carboxylic acids is 1. The zero-order valence-electron chi connectivity index (χ0n) is 17.3. The number of hydrogen-bond acceptors (Lipinski definition) is 4. The molecule has 1 aliphatic rings. The van der Waals surface area contributed by atoms with Gasteiger partial charge in [0.1, 0.15) is 11.6 Å². The Balaban J connectivity index is 0.000000451. The highest BCUT2D eigenvalue weighted by atomic mass is 19.4. The number of methoxy groups -OCH3 is 1. The Morgan fingerprint density at radius 3 is 2.41 bits per heavy atom. The first-order valence-corrected chi connectivity index (χ1v) is 9.83. The maximum atomic E-state index is 13.4. The van der Waals surface area contributed by atoms with Crippen LogP contribution in [0.5, 0.6) is 5.75 Å². The third-order valence-electron chi connectivity index (χ3n) is 4.82. The summed E-state index contributed by atoms with van der Waals surface area (Å²) in [5, 5.41) is 13.4. The van der Waals surface area contributed by atoms with E-state index in [1.807, 2.05) is 18.2 Å². The van der Waals surface area contributed by atoms with Crippen LogP contribution in [0, 0.1) is 5.82 Å². The Morgan fingerprint density at radius 2 is 1.81 bits per heavy atom. The van der Waals surface area contributed by atoms with Gasteiger partial charge in [0.05, 0.1) is 13.5 Å². The molecule has 0 saturated carbocycles. The van der Waals surface area contributed by atoms with Crippen molar-refractivity contribution in [1.82, 2.24) is 5.32 Å². The van der Waals surface area contributed by atoms with Crippen LogP contribution in [0.15, 0.2) is 42.5 Å². The third-order valence-corrected chi connectivity index (χ3v) is 4.82. The van der Waals surface area contributed by atoms with Crippen LogP contribution in [0.3, 0.4) is 0 Å². The average molecular weight is 456 g/mol. The van der Waals surface area contributed by atoms with Gasteiger partial charge >= 0.3 is 12.1 Å². The summed E-state index contributed by atoms with van der Waals surface area (Å²) < 4.78 is 50.4. The second-order valence-corrected chi connectivity index (χ2v) is 7.13. The lowest BCUT2D eigenvalue weighted by molar-refractivity contribution is -0.192. The number of carbonyl (C=O) groups is 2. The Hall–Kier alpha value is -3.14. The van der Waals surface area contributed by atoms with Gasteiger partial charge in [0, 0.05) is 11.3 Å². The van der Waals surface area contributed by atoms with Crippen LogP contribution in [0.4, 0.5) is 23.2 Å². The number of nitrogens with one attached hydrogen (secondary N) is 2. The van der Waals surface area contributed by atoms with Crippen LogP contribution >= 0.6 is 0 Å². The molecule has 6 nitrogen and oxygen atoms in total. The standard InChI is InChI=1S/C20H23FN2O2.C2HF3O2/c1-25-19-6-5-17(21)11-16(19)13-20(24)23-18-4-2-3-15(12-18)14-7-9-22-10-8-14;3-2(4,5)1(6)7/h2-6,11-12,14,22H,7-10,13H2,1H3,(H,23,24);(H,6,7). The molecule has 1 fully saturated rings. The molecule has 10 heteroatoms. The van der Waals surface area contributed by atoms with E-state index in [2.05, 4.69) is 16.7 Å². The summed E-state index contributed by atoms with van der Waals surface area (Å²) >= 11 is 0. The molecule has 3 rings (SSSR count). The third kappa shape index (κ3) is 7.84. The molecule has 174 valence electrons. The summed E-state index contributed by atoms with van der Waals surface area (Å²) in [6.07, 6.45) is -2.80. The van der Waals surface area contributed by atoms with E-state index in [-0.39, 0.29) is 18.1 Å². The van der Waals surface area contributed by atoms with Crippen molar-refractivity contribution in [2.45, 2.75) is 31.4 Å². The zero-order chi connectivity index (χ0) is 23.7. The fraction of sp³-hybridized carbons (Fsp3) is 0.364. The molecule has 0 spiro atoms. The van der Waals surface area contributed by atoms with Gasteiger partial charge in [-0.2, -0.15) is 13.2 Å². The summed E-state index contributed by atoms with van der Waals surface area (Å²) in [7, 11) is 1.51. The quantitative estimate of drug-likeness (QED) is 0.590. The predicted octanol–water partition coefficient (Wildman–Crippen LogP) is 4.12. The van der Waals surface area contributed by atoms with Crippen LogP contribution in [-0.2, 0) is 16.0 Å². The van der Waals surface area contributed by atoms with Gasteiger partial charge in [-0.05, 0) is 67.7 Å². The fourth-order valence-electron chi connectivity index (χ4n) is 3.29. The van der Waals surface area contributed by atoms with Gasteiger partial charge in [-0.3, -0.25) is 4.79 Å². The van der Waals surface area contributed by atoms with Crippen LogP contribution in [0.1, 0.15) is 29.9 Å². The Kier molecular flexibility index (Phi) is 9.01. The number of aliphatic carboxylic acids is 1. The first kappa shape index (κ1) is 25.1. The molecule has 0 aliphatic carbocycles. The van der Waals surface area contributed by atoms with Crippen molar-refractivity contribution in [3.8, 4) is 5.75 Å². The lowest BCUT2D eigenvalue weighted by atomic mass is 9.90. The number of anilines is 1. The van der Waals surface area contributed by atoms with Crippen molar-refractivity contribution in [2.75, 3.05) is 25.5 Å². The zero-order valence-corrected chi connectivity index (χ0v) is 17.3. The first-order valence-electron chi connectivity index (χ1n) is 9.83. The van der Waals surface area contributed by atoms with E-state index in [1.165, 1.54) is 30.9 Å². The SMILES string of the molecule is COc1ccc(F)cc1CC(=O)Nc1cccc(C2CCNCC2)c1.O=C(O)C(F)(F)F. The molecule has 2 aromatic rings. The van der Waals surface area contributed by atoms with Gasteiger partial charge in [-0.15, -0.1) is 0 Å². The molecule has 1 saturated heterocycles. The smallest absolute Gasteiger partial charge is 0.490 e. The number of benzene rings is 2. The Bertz CT molecular complexity index is 928. The van der Waals surface area contributed by atoms with Gasteiger partial charge in [0.15, 0.2) is 0 Å². The van der Waals surface area contributed by atoms with Gasteiger partial charge < -0.3 is 20.5 Å². The van der Waals surface area contributed by atoms with Crippen molar-refractivity contribution < 1.29 is 37.0 Å². The molecule has 1 aliphatic heterocycles. The van der Waals surface area contributed by atoms with Gasteiger partial charge in [-0.1, -0.05) is 12.1 Å². The summed E-state index contributed by atoms with van der Waals surface area (Å²) in [5.41, 5.74) is 2.56. The summed E-state index contributed by atoms with van der Waals surface area (Å²) in [6, 6.07) is 12.2. The number of amides is 1. The highest BCUT2D eigenvalue weighted by molar-refractivity contribution is 5.92. The van der Waals surface area contributed by atoms with Crippen molar-refractivity contribution in [2.24, 2.45) is 0 Å². The monoisotopic (exact) mass is 456 g/mol. The highest BCUT2D eigenvalue weighted by Crippen LogP contribution is 2.27. The molecule has 0 unspecified atom stereocenters. The second-order valence-electron chi connectivity index (χ2n) is 7.13. The molecular weight excluding hydrogens is 432 g/mol. The van der Waals surface area contributed by atoms with Crippen LogP contribution in [-0.4, -0.2) is 43.4 Å². The number of hydrogen-bond donors (Lipinski definition) is 3. The summed E-state index contributed by atoms with van der Waals surface area (Å²) in [5.74, 6) is -2.28. The molecule has 0 atom stereocenters. The topological polar surface area (TPSA) is 87.7 Å². The molecule has 1 amide bonds. The summed E-state index contributed by atoms with van der Waals surface area (Å²) in [6.45, 7) is 2.06. The van der Waals surface area contributed by atoms with E-state index in [0.29, 0.717) is 17.2 Å². The van der Waals surface area contributed by atoms with Gasteiger partial charge in [0.2, 0.25) is 5.91 Å². The van der Waals surface area contributed by atoms with E-state index >= 15 is 0 Å². The van der Waals surface area contributed by atoms with Gasteiger partial charge in [0.25, 0.3) is 0 Å². The van der Waals surface area contributed by atoms with Crippen molar-refractivity contribution in [1.29, 1.82) is 0 Å². The van der Waals surface area contributed by atoms with Crippen LogP contribution in [0.25, 0.3) is 0 Å². The number of carbonyl (C=O) groups excluding carboxylic acids is 1. The number of carboxylic acid groups (broad SMARTS) is 1. The summed E-state index contributed by atoms with van der Waals surface area (Å²) in [4.78, 5) is 21.2. The fourth-order valence-corrected chi connectivity index (χ4v) is 3.29. The van der Waals surface area contributed by atoms with Crippen molar-refractivity contribution in [3.05, 3.63) is 59.4 Å². The van der Waals surface area contributed by atoms with Crippen LogP contribution < -0.4 is 15.4 Å². The molecule has 0 aromatic heterocycles. The van der Waals surface area contributed by atoms with E-state index in [9.17, 15) is 22.4 Å².